The van der Waals surface area contributed by atoms with Gasteiger partial charge in [-0.2, -0.15) is 0 Å². The van der Waals surface area contributed by atoms with Crippen LogP contribution in [0, 0.1) is 5.92 Å². The lowest BCUT2D eigenvalue weighted by Crippen LogP contribution is -2.63. The number of carbonyl (C=O) groups excluding carboxylic acids is 2. The predicted molar refractivity (Wildman–Crippen MR) is 94.7 cm³/mol. The maximum atomic E-state index is 12.9. The van der Waals surface area contributed by atoms with Crippen molar-refractivity contribution in [1.82, 2.24) is 0 Å². The van der Waals surface area contributed by atoms with Crippen LogP contribution < -0.4 is 0 Å². The molecule has 2 rings (SSSR count). The maximum Gasteiger partial charge on any atom is 0.307 e. The molecule has 5 nitrogen and oxygen atoms in total. The summed E-state index contributed by atoms with van der Waals surface area (Å²) >= 11 is 0. The average molecular weight is 348 g/mol. The van der Waals surface area contributed by atoms with Crippen LogP contribution in [-0.2, 0) is 19.1 Å². The first-order valence-corrected chi connectivity index (χ1v) is 8.68. The van der Waals surface area contributed by atoms with Crippen molar-refractivity contribution in [2.24, 2.45) is 5.92 Å². The topological polar surface area (TPSA) is 72.8 Å². The first-order valence-electron chi connectivity index (χ1n) is 8.68. The summed E-state index contributed by atoms with van der Waals surface area (Å²) < 4.78 is 11.6. The second kappa shape index (κ2) is 6.79. The largest absolute Gasteiger partial charge is 0.486 e. The van der Waals surface area contributed by atoms with Gasteiger partial charge in [-0.05, 0) is 45.8 Å². The molecule has 0 aromatic carbocycles. The van der Waals surface area contributed by atoms with Gasteiger partial charge in [-0.25, -0.2) is 0 Å². The normalized spacial score (nSPS) is 33.0. The van der Waals surface area contributed by atoms with Crippen LogP contribution in [0.5, 0.6) is 0 Å². The van der Waals surface area contributed by atoms with Crippen LogP contribution in [0.1, 0.15) is 54.4 Å². The van der Waals surface area contributed by atoms with Gasteiger partial charge >= 0.3 is 5.97 Å². The molecule has 0 spiro atoms. The predicted octanol–water partition coefficient (Wildman–Crippen LogP) is 3.23. The number of rotatable bonds is 4. The van der Waals surface area contributed by atoms with E-state index in [0.717, 1.165) is 11.1 Å². The lowest BCUT2D eigenvalue weighted by molar-refractivity contribution is -0.192. The van der Waals surface area contributed by atoms with Crippen molar-refractivity contribution in [2.45, 2.75) is 71.7 Å². The summed E-state index contributed by atoms with van der Waals surface area (Å²) in [6.45, 7) is 10.9. The molecule has 1 saturated heterocycles. The number of hydrogen-bond donors (Lipinski definition) is 1. The number of hydrogen-bond acceptors (Lipinski definition) is 5. The summed E-state index contributed by atoms with van der Waals surface area (Å²) in [6.07, 6.45) is 4.76. The first kappa shape index (κ1) is 19.4. The number of ether oxygens (including phenoxy) is 2. The summed E-state index contributed by atoms with van der Waals surface area (Å²) in [6, 6.07) is 0. The van der Waals surface area contributed by atoms with Gasteiger partial charge in [-0.1, -0.05) is 31.1 Å². The molecule has 0 radical (unpaired) electrons. The molecule has 2 aliphatic rings. The number of allylic oxidation sites excluding steroid dienone is 3. The van der Waals surface area contributed by atoms with Crippen LogP contribution in [0.4, 0.5) is 0 Å². The third-order valence-corrected chi connectivity index (χ3v) is 4.59. The van der Waals surface area contributed by atoms with Gasteiger partial charge in [0.1, 0.15) is 5.76 Å². The van der Waals surface area contributed by atoms with E-state index >= 15 is 0 Å². The van der Waals surface area contributed by atoms with Crippen molar-refractivity contribution in [3.05, 3.63) is 35.1 Å². The summed E-state index contributed by atoms with van der Waals surface area (Å²) in [5, 5.41) is 11.2. The molecule has 0 bridgehead atoms. The van der Waals surface area contributed by atoms with Gasteiger partial charge in [0, 0.05) is 12.8 Å². The zero-order valence-electron chi connectivity index (χ0n) is 15.9. The first-order chi connectivity index (χ1) is 11.5. The van der Waals surface area contributed by atoms with E-state index in [0.29, 0.717) is 6.42 Å². The average Bonchev–Trinajstić information content (AvgIpc) is 2.65. The SMILES string of the molecule is CC(C)=C/C=C1\OC2CC(C)=CC(=O)C2(OC(=O)CC(C)C)C1(C)O. The van der Waals surface area contributed by atoms with Crippen LogP contribution in [0.15, 0.2) is 35.1 Å². The number of aliphatic hydroxyl groups is 1. The molecule has 3 atom stereocenters. The summed E-state index contributed by atoms with van der Waals surface area (Å²) in [5.74, 6) is -0.601. The minimum Gasteiger partial charge on any atom is -0.486 e. The standard InChI is InChI=1S/C20H28O5/c1-12(2)7-8-16-19(6,23)20(25-18(22)9-13(3)4)15(21)10-14(5)11-17(20)24-16/h7-8,10,13,17,23H,9,11H2,1-6H3/b16-8-. The fourth-order valence-corrected chi connectivity index (χ4v) is 3.33. The second-order valence-corrected chi connectivity index (χ2v) is 7.82. The highest BCUT2D eigenvalue weighted by Crippen LogP contribution is 2.50. The zero-order chi connectivity index (χ0) is 19.0. The minimum atomic E-state index is -1.74. The lowest BCUT2D eigenvalue weighted by atomic mass is 9.72. The minimum absolute atomic E-state index is 0.0891. The van der Waals surface area contributed by atoms with Gasteiger partial charge in [-0.3, -0.25) is 9.59 Å². The fraction of sp³-hybridized carbons (Fsp3) is 0.600. The highest BCUT2D eigenvalue weighted by molar-refractivity contribution is 6.02. The van der Waals surface area contributed by atoms with Gasteiger partial charge in [0.15, 0.2) is 11.7 Å². The van der Waals surface area contributed by atoms with Crippen molar-refractivity contribution < 1.29 is 24.2 Å². The Morgan fingerprint density at radius 1 is 1.48 bits per heavy atom. The summed E-state index contributed by atoms with van der Waals surface area (Å²) in [7, 11) is 0. The quantitative estimate of drug-likeness (QED) is 0.790. The van der Waals surface area contributed by atoms with E-state index in [1.54, 1.807) is 12.2 Å². The molecule has 0 amide bonds. The third kappa shape index (κ3) is 3.43. The highest BCUT2D eigenvalue weighted by Gasteiger charge is 2.70. The van der Waals surface area contributed by atoms with E-state index in [1.165, 1.54) is 13.0 Å². The molecule has 1 aliphatic heterocycles. The third-order valence-electron chi connectivity index (χ3n) is 4.59. The molecule has 1 aliphatic carbocycles. The Balaban J connectivity index is 2.51. The monoisotopic (exact) mass is 348 g/mol. The van der Waals surface area contributed by atoms with E-state index in [4.69, 9.17) is 9.47 Å². The Bertz CT molecular complexity index is 662. The van der Waals surface area contributed by atoms with E-state index in [2.05, 4.69) is 0 Å². The molecule has 25 heavy (non-hydrogen) atoms. The van der Waals surface area contributed by atoms with Gasteiger partial charge in [0.05, 0.1) is 0 Å². The smallest absolute Gasteiger partial charge is 0.307 e. The highest BCUT2D eigenvalue weighted by atomic mass is 16.6. The fourth-order valence-electron chi connectivity index (χ4n) is 3.33. The van der Waals surface area contributed by atoms with Crippen molar-refractivity contribution in [3.63, 3.8) is 0 Å². The van der Waals surface area contributed by atoms with Crippen LogP contribution in [0.25, 0.3) is 0 Å². The molecular formula is C20H28O5. The molecule has 138 valence electrons. The Morgan fingerprint density at radius 2 is 2.12 bits per heavy atom. The number of carbonyl (C=O) groups is 2. The van der Waals surface area contributed by atoms with Crippen molar-refractivity contribution in [1.29, 1.82) is 0 Å². The van der Waals surface area contributed by atoms with E-state index in [9.17, 15) is 14.7 Å². The van der Waals surface area contributed by atoms with Gasteiger partial charge in [-0.15, -0.1) is 0 Å². The van der Waals surface area contributed by atoms with E-state index < -0.39 is 29.1 Å². The number of esters is 1. The zero-order valence-corrected chi connectivity index (χ0v) is 15.9. The molecule has 1 N–H and O–H groups in total. The molecule has 1 fully saturated rings. The van der Waals surface area contributed by atoms with Gasteiger partial charge in [0.25, 0.3) is 0 Å². The van der Waals surface area contributed by atoms with Crippen molar-refractivity contribution in [2.75, 3.05) is 0 Å². The van der Waals surface area contributed by atoms with Crippen LogP contribution in [0.2, 0.25) is 0 Å². The van der Waals surface area contributed by atoms with E-state index in [1.807, 2.05) is 34.6 Å². The van der Waals surface area contributed by atoms with Crippen LogP contribution in [-0.4, -0.2) is 34.2 Å². The number of ketones is 1. The lowest BCUT2D eigenvalue weighted by Gasteiger charge is -2.40. The molecular weight excluding hydrogens is 320 g/mol. The molecule has 1 heterocycles. The maximum absolute atomic E-state index is 12.9. The van der Waals surface area contributed by atoms with Gasteiger partial charge in [0.2, 0.25) is 11.4 Å². The Kier molecular flexibility index (Phi) is 5.28. The molecule has 0 aromatic heterocycles. The Morgan fingerprint density at radius 3 is 2.68 bits per heavy atom. The second-order valence-electron chi connectivity index (χ2n) is 7.82. The number of fused-ring (bicyclic) bond motifs is 1. The molecule has 0 aromatic rings. The molecule has 5 heteroatoms. The molecule has 0 saturated carbocycles. The van der Waals surface area contributed by atoms with Gasteiger partial charge < -0.3 is 14.6 Å². The molecule has 3 unspecified atom stereocenters. The van der Waals surface area contributed by atoms with Crippen LogP contribution in [0.3, 0.4) is 0 Å². The van der Waals surface area contributed by atoms with Crippen molar-refractivity contribution in [3.8, 4) is 0 Å². The Labute approximate surface area is 149 Å². The van der Waals surface area contributed by atoms with Crippen molar-refractivity contribution >= 4 is 11.8 Å². The summed E-state index contributed by atoms with van der Waals surface area (Å²) in [5.41, 5.74) is -1.61. The van der Waals surface area contributed by atoms with E-state index in [-0.39, 0.29) is 18.1 Å². The summed E-state index contributed by atoms with van der Waals surface area (Å²) in [4.78, 5) is 25.2. The van der Waals surface area contributed by atoms with Crippen LogP contribution >= 0.6 is 0 Å². The Hall–Kier alpha value is -1.88.